The molecule has 1 fully saturated rings. The molecule has 128 valence electrons. The summed E-state index contributed by atoms with van der Waals surface area (Å²) in [6, 6.07) is 0. The van der Waals surface area contributed by atoms with Crippen LogP contribution in [-0.4, -0.2) is 52.4 Å². The number of aromatic nitrogens is 3. The highest BCUT2D eigenvalue weighted by Gasteiger charge is 2.25. The Morgan fingerprint density at radius 1 is 1.33 bits per heavy atom. The van der Waals surface area contributed by atoms with Crippen LogP contribution in [-0.2, 0) is 4.79 Å². The van der Waals surface area contributed by atoms with E-state index in [0.29, 0.717) is 12.5 Å². The van der Waals surface area contributed by atoms with Gasteiger partial charge >= 0.3 is 0 Å². The molecule has 8 heteroatoms. The van der Waals surface area contributed by atoms with E-state index in [4.69, 9.17) is 0 Å². The minimum atomic E-state index is 0.0643. The highest BCUT2D eigenvalue weighted by molar-refractivity contribution is 7.13. The zero-order valence-corrected chi connectivity index (χ0v) is 14.8. The largest absolute Gasteiger partial charge is 0.358 e. The summed E-state index contributed by atoms with van der Waals surface area (Å²) in [7, 11) is 1.67. The maximum absolute atomic E-state index is 11.5. The number of carbonyl (C=O) groups is 1. The molecule has 0 aliphatic carbocycles. The zero-order chi connectivity index (χ0) is 16.9. The Kier molecular flexibility index (Phi) is 5.37. The second-order valence-corrected chi connectivity index (χ2v) is 6.79. The number of hydrogen-bond donors (Lipinski definition) is 2. The summed E-state index contributed by atoms with van der Waals surface area (Å²) >= 11 is 1.57. The Hall–Kier alpha value is -2.06. The van der Waals surface area contributed by atoms with Gasteiger partial charge in [-0.2, -0.15) is 0 Å². The summed E-state index contributed by atoms with van der Waals surface area (Å²) in [4.78, 5) is 27.1. The lowest BCUT2D eigenvalue weighted by molar-refractivity contribution is -0.122. The van der Waals surface area contributed by atoms with Gasteiger partial charge in [-0.15, -0.1) is 11.3 Å². The molecule has 2 aromatic heterocycles. The second kappa shape index (κ2) is 7.67. The Balaban J connectivity index is 1.66. The van der Waals surface area contributed by atoms with Gasteiger partial charge in [0.05, 0.1) is 17.9 Å². The maximum atomic E-state index is 11.5. The molecule has 0 aromatic carbocycles. The first kappa shape index (κ1) is 16.8. The lowest BCUT2D eigenvalue weighted by Crippen LogP contribution is -2.40. The summed E-state index contributed by atoms with van der Waals surface area (Å²) in [5.74, 6) is 1.20. The summed E-state index contributed by atoms with van der Waals surface area (Å²) in [6.45, 7) is 4.23. The van der Waals surface area contributed by atoms with Crippen molar-refractivity contribution in [2.45, 2.75) is 25.7 Å². The summed E-state index contributed by atoms with van der Waals surface area (Å²) in [6.07, 6.45) is 5.39. The first-order valence-corrected chi connectivity index (χ1v) is 8.96. The van der Waals surface area contributed by atoms with Crippen LogP contribution in [0.4, 0.5) is 10.9 Å². The number of hydrogen-bond acceptors (Lipinski definition) is 7. The van der Waals surface area contributed by atoms with Gasteiger partial charge in [-0.25, -0.2) is 9.97 Å². The van der Waals surface area contributed by atoms with Gasteiger partial charge in [-0.3, -0.25) is 14.7 Å². The predicted molar refractivity (Wildman–Crippen MR) is 94.6 cm³/mol. The average molecular weight is 346 g/mol. The molecule has 0 radical (unpaired) electrons. The molecule has 0 spiro atoms. The second-order valence-electron chi connectivity index (χ2n) is 5.93. The minimum Gasteiger partial charge on any atom is -0.358 e. The SMILES string of the molecule is CNC(=O)CN1CCC(c2nccnc2Nc2nc(C)cs2)CC1. The molecule has 0 bridgehead atoms. The third kappa shape index (κ3) is 4.07. The molecule has 0 unspecified atom stereocenters. The smallest absolute Gasteiger partial charge is 0.233 e. The number of amides is 1. The monoisotopic (exact) mass is 346 g/mol. The first-order chi connectivity index (χ1) is 11.7. The van der Waals surface area contributed by atoms with Gasteiger partial charge in [0.2, 0.25) is 5.91 Å². The highest BCUT2D eigenvalue weighted by atomic mass is 32.1. The van der Waals surface area contributed by atoms with Gasteiger partial charge in [0, 0.05) is 30.7 Å². The number of nitrogens with zero attached hydrogens (tertiary/aromatic N) is 4. The molecule has 2 N–H and O–H groups in total. The van der Waals surface area contributed by atoms with Crippen molar-refractivity contribution in [2.75, 3.05) is 32.0 Å². The molecule has 3 heterocycles. The third-order valence-electron chi connectivity index (χ3n) is 4.19. The Bertz CT molecular complexity index is 695. The van der Waals surface area contributed by atoms with E-state index in [9.17, 15) is 4.79 Å². The van der Waals surface area contributed by atoms with E-state index >= 15 is 0 Å². The van der Waals surface area contributed by atoms with Gasteiger partial charge in [-0.1, -0.05) is 0 Å². The number of anilines is 2. The van der Waals surface area contributed by atoms with E-state index < -0.39 is 0 Å². The van der Waals surface area contributed by atoms with E-state index in [1.807, 2.05) is 12.3 Å². The van der Waals surface area contributed by atoms with Crippen LogP contribution in [0.5, 0.6) is 0 Å². The van der Waals surface area contributed by atoms with Crippen molar-refractivity contribution in [3.8, 4) is 0 Å². The van der Waals surface area contributed by atoms with Crippen molar-refractivity contribution in [1.29, 1.82) is 0 Å². The molecule has 2 aromatic rings. The number of thiazole rings is 1. The molecule has 1 amide bonds. The fourth-order valence-electron chi connectivity index (χ4n) is 2.90. The van der Waals surface area contributed by atoms with E-state index in [-0.39, 0.29) is 5.91 Å². The van der Waals surface area contributed by atoms with Crippen LogP contribution in [0.25, 0.3) is 0 Å². The van der Waals surface area contributed by atoms with Crippen LogP contribution < -0.4 is 10.6 Å². The van der Waals surface area contributed by atoms with Gasteiger partial charge in [0.1, 0.15) is 0 Å². The number of piperidine rings is 1. The Morgan fingerprint density at radius 3 is 2.75 bits per heavy atom. The van der Waals surface area contributed by atoms with E-state index in [1.165, 1.54) is 0 Å². The van der Waals surface area contributed by atoms with Gasteiger partial charge < -0.3 is 10.6 Å². The minimum absolute atomic E-state index is 0.0643. The summed E-state index contributed by atoms with van der Waals surface area (Å²) in [5.41, 5.74) is 1.99. The molecule has 1 saturated heterocycles. The topological polar surface area (TPSA) is 83.0 Å². The van der Waals surface area contributed by atoms with Crippen molar-refractivity contribution < 1.29 is 4.79 Å². The lowest BCUT2D eigenvalue weighted by atomic mass is 9.93. The predicted octanol–water partition coefficient (Wildman–Crippen LogP) is 1.91. The van der Waals surface area contributed by atoms with E-state index in [0.717, 1.165) is 48.3 Å². The van der Waals surface area contributed by atoms with Gasteiger partial charge in [-0.05, 0) is 32.9 Å². The molecule has 1 aliphatic rings. The molecule has 7 nitrogen and oxygen atoms in total. The first-order valence-electron chi connectivity index (χ1n) is 8.08. The van der Waals surface area contributed by atoms with E-state index in [1.54, 1.807) is 30.8 Å². The van der Waals surface area contributed by atoms with Crippen LogP contribution in [0.1, 0.15) is 30.1 Å². The van der Waals surface area contributed by atoms with Crippen molar-refractivity contribution in [1.82, 2.24) is 25.2 Å². The quantitative estimate of drug-likeness (QED) is 0.860. The van der Waals surface area contributed by atoms with Crippen molar-refractivity contribution in [3.63, 3.8) is 0 Å². The Morgan fingerprint density at radius 2 is 2.08 bits per heavy atom. The average Bonchev–Trinajstić information content (AvgIpc) is 3.01. The molecular weight excluding hydrogens is 324 g/mol. The normalized spacial score (nSPS) is 16.1. The molecule has 0 atom stereocenters. The van der Waals surface area contributed by atoms with Crippen molar-refractivity contribution in [3.05, 3.63) is 29.2 Å². The summed E-state index contributed by atoms with van der Waals surface area (Å²) < 4.78 is 0. The molecule has 0 saturated carbocycles. The molecule has 24 heavy (non-hydrogen) atoms. The van der Waals surface area contributed by atoms with E-state index in [2.05, 4.69) is 30.5 Å². The van der Waals surface area contributed by atoms with Crippen molar-refractivity contribution >= 4 is 28.2 Å². The number of nitrogens with one attached hydrogen (secondary N) is 2. The number of carbonyl (C=O) groups excluding carboxylic acids is 1. The zero-order valence-electron chi connectivity index (χ0n) is 14.0. The van der Waals surface area contributed by atoms with Crippen LogP contribution >= 0.6 is 11.3 Å². The van der Waals surface area contributed by atoms with Crippen LogP contribution in [0, 0.1) is 6.92 Å². The van der Waals surface area contributed by atoms with Crippen LogP contribution in [0.3, 0.4) is 0 Å². The Labute approximate surface area is 145 Å². The maximum Gasteiger partial charge on any atom is 0.233 e. The van der Waals surface area contributed by atoms with Gasteiger partial charge in [0.25, 0.3) is 0 Å². The van der Waals surface area contributed by atoms with Crippen LogP contribution in [0.15, 0.2) is 17.8 Å². The molecule has 3 rings (SSSR count). The fraction of sp³-hybridized carbons (Fsp3) is 0.500. The summed E-state index contributed by atoms with van der Waals surface area (Å²) in [5, 5.41) is 8.82. The lowest BCUT2D eigenvalue weighted by Gasteiger charge is -2.31. The van der Waals surface area contributed by atoms with Crippen LogP contribution in [0.2, 0.25) is 0 Å². The standard InChI is InChI=1S/C16H22N6OS/c1-11-10-24-16(20-11)21-15-14(18-5-6-19-15)12-3-7-22(8-4-12)9-13(23)17-2/h5-6,10,12H,3-4,7-9H2,1-2H3,(H,17,23)(H,19,20,21). The van der Waals surface area contributed by atoms with Gasteiger partial charge in [0.15, 0.2) is 10.9 Å². The number of likely N-dealkylation sites (N-methyl/N-ethyl adjacent to an activating group) is 1. The van der Waals surface area contributed by atoms with Crippen molar-refractivity contribution in [2.24, 2.45) is 0 Å². The number of rotatable bonds is 5. The highest BCUT2D eigenvalue weighted by Crippen LogP contribution is 2.32. The number of aryl methyl sites for hydroxylation is 1. The number of likely N-dealkylation sites (tertiary alicyclic amines) is 1. The molecule has 1 aliphatic heterocycles. The fourth-order valence-corrected chi connectivity index (χ4v) is 3.59. The third-order valence-corrected chi connectivity index (χ3v) is 5.07. The molecular formula is C16H22N6OS.